The maximum Gasteiger partial charge on any atom is 0.225 e. The number of hydrogen-bond donors (Lipinski definition) is 3. The standard InChI is InChI=1S/C10H13F2N5/c1-2-17(10(15)16-9(13)14)8-4-6(11)3-7(12)5-8/h3-5H,2H2,1H3,(H5,13,14,15,16). The molecule has 0 aliphatic rings. The summed E-state index contributed by atoms with van der Waals surface area (Å²) in [6.07, 6.45) is 0. The quantitative estimate of drug-likeness (QED) is 0.532. The first-order valence-corrected chi connectivity index (χ1v) is 4.86. The first-order valence-electron chi connectivity index (χ1n) is 4.86. The molecule has 0 aliphatic carbocycles. The van der Waals surface area contributed by atoms with Gasteiger partial charge >= 0.3 is 0 Å². The third-order valence-corrected chi connectivity index (χ3v) is 1.97. The summed E-state index contributed by atoms with van der Waals surface area (Å²) in [6.45, 7) is 2.01. The Morgan fingerprint density at radius 2 is 1.82 bits per heavy atom. The minimum Gasteiger partial charge on any atom is -0.370 e. The summed E-state index contributed by atoms with van der Waals surface area (Å²) in [5, 5.41) is 7.59. The molecule has 0 radical (unpaired) electrons. The Balaban J connectivity index is 3.09. The number of nitrogens with one attached hydrogen (secondary N) is 1. The van der Waals surface area contributed by atoms with Crippen LogP contribution < -0.4 is 16.4 Å². The highest BCUT2D eigenvalue weighted by molar-refractivity contribution is 6.01. The second-order valence-electron chi connectivity index (χ2n) is 3.23. The van der Waals surface area contributed by atoms with E-state index in [1.54, 1.807) is 6.92 Å². The molecule has 5 nitrogen and oxygen atoms in total. The van der Waals surface area contributed by atoms with Crippen molar-refractivity contribution in [1.29, 1.82) is 5.41 Å². The molecule has 1 aromatic rings. The van der Waals surface area contributed by atoms with Crippen LogP contribution in [0.1, 0.15) is 6.92 Å². The van der Waals surface area contributed by atoms with Gasteiger partial charge in [0, 0.05) is 18.3 Å². The first kappa shape index (κ1) is 12.9. The third-order valence-electron chi connectivity index (χ3n) is 1.97. The predicted molar refractivity (Wildman–Crippen MR) is 62.9 cm³/mol. The molecule has 0 aromatic heterocycles. The molecule has 0 bridgehead atoms. The van der Waals surface area contributed by atoms with Crippen LogP contribution in [0.2, 0.25) is 0 Å². The van der Waals surface area contributed by atoms with Gasteiger partial charge in [-0.05, 0) is 19.1 Å². The fourth-order valence-electron chi connectivity index (χ4n) is 1.33. The lowest BCUT2D eigenvalue weighted by Gasteiger charge is -2.20. The van der Waals surface area contributed by atoms with E-state index in [9.17, 15) is 8.78 Å². The van der Waals surface area contributed by atoms with Crippen molar-refractivity contribution in [2.24, 2.45) is 16.5 Å². The highest BCUT2D eigenvalue weighted by Crippen LogP contribution is 2.18. The molecular weight excluding hydrogens is 228 g/mol. The molecule has 0 heterocycles. The van der Waals surface area contributed by atoms with Gasteiger partial charge in [0.05, 0.1) is 0 Å². The SMILES string of the molecule is CCN(C(=N)N=C(N)N)c1cc(F)cc(F)c1. The monoisotopic (exact) mass is 241 g/mol. The maximum atomic E-state index is 13.0. The van der Waals surface area contributed by atoms with Gasteiger partial charge in [0.15, 0.2) is 5.96 Å². The fraction of sp³-hybridized carbons (Fsp3) is 0.200. The highest BCUT2D eigenvalue weighted by atomic mass is 19.1. The molecule has 92 valence electrons. The summed E-state index contributed by atoms with van der Waals surface area (Å²) < 4.78 is 26.1. The smallest absolute Gasteiger partial charge is 0.225 e. The molecule has 0 atom stereocenters. The van der Waals surface area contributed by atoms with Crippen LogP contribution in [0.5, 0.6) is 0 Å². The van der Waals surface area contributed by atoms with Crippen LogP contribution in [0.25, 0.3) is 0 Å². The molecule has 0 unspecified atom stereocenters. The van der Waals surface area contributed by atoms with E-state index in [0.717, 1.165) is 18.2 Å². The number of aliphatic imine (C=N–C) groups is 1. The lowest BCUT2D eigenvalue weighted by molar-refractivity contribution is 0.583. The lowest BCUT2D eigenvalue weighted by atomic mass is 10.2. The highest BCUT2D eigenvalue weighted by Gasteiger charge is 2.12. The van der Waals surface area contributed by atoms with Gasteiger partial charge in [-0.25, -0.2) is 8.78 Å². The van der Waals surface area contributed by atoms with Crippen molar-refractivity contribution in [1.82, 2.24) is 0 Å². The number of hydrogen-bond acceptors (Lipinski definition) is 1. The van der Waals surface area contributed by atoms with Crippen LogP contribution in [0.15, 0.2) is 23.2 Å². The van der Waals surface area contributed by atoms with E-state index in [0.29, 0.717) is 6.54 Å². The van der Waals surface area contributed by atoms with E-state index in [-0.39, 0.29) is 17.6 Å². The molecule has 0 saturated carbocycles. The van der Waals surface area contributed by atoms with Crippen LogP contribution in [-0.2, 0) is 0 Å². The molecular formula is C10H13F2N5. The molecule has 0 amide bonds. The Hall–Kier alpha value is -2.18. The Morgan fingerprint density at radius 1 is 1.29 bits per heavy atom. The molecule has 0 aliphatic heterocycles. The van der Waals surface area contributed by atoms with Crippen molar-refractivity contribution >= 4 is 17.6 Å². The molecule has 17 heavy (non-hydrogen) atoms. The number of rotatable bonds is 2. The Labute approximate surface area is 97.2 Å². The van der Waals surface area contributed by atoms with E-state index in [1.165, 1.54) is 4.90 Å². The zero-order chi connectivity index (χ0) is 13.0. The van der Waals surface area contributed by atoms with Gasteiger partial charge in [-0.2, -0.15) is 4.99 Å². The van der Waals surface area contributed by atoms with E-state index in [2.05, 4.69) is 4.99 Å². The van der Waals surface area contributed by atoms with Crippen molar-refractivity contribution in [3.63, 3.8) is 0 Å². The van der Waals surface area contributed by atoms with E-state index < -0.39 is 11.6 Å². The lowest BCUT2D eigenvalue weighted by Crippen LogP contribution is -2.33. The number of halogens is 2. The Kier molecular flexibility index (Phi) is 3.97. The van der Waals surface area contributed by atoms with Gasteiger partial charge < -0.3 is 16.4 Å². The van der Waals surface area contributed by atoms with Gasteiger partial charge in [-0.1, -0.05) is 0 Å². The zero-order valence-electron chi connectivity index (χ0n) is 9.24. The average molecular weight is 241 g/mol. The molecule has 0 saturated heterocycles. The van der Waals surface area contributed by atoms with Crippen LogP contribution in [0.4, 0.5) is 14.5 Å². The Morgan fingerprint density at radius 3 is 2.24 bits per heavy atom. The second-order valence-corrected chi connectivity index (χ2v) is 3.23. The zero-order valence-corrected chi connectivity index (χ0v) is 9.24. The van der Waals surface area contributed by atoms with Gasteiger partial charge in [0.2, 0.25) is 5.96 Å². The number of nitrogens with two attached hydrogens (primary N) is 2. The number of guanidine groups is 2. The van der Waals surface area contributed by atoms with Gasteiger partial charge in [0.1, 0.15) is 11.6 Å². The third kappa shape index (κ3) is 3.40. The summed E-state index contributed by atoms with van der Waals surface area (Å²) in [5.74, 6) is -2.02. The van der Waals surface area contributed by atoms with E-state index in [1.807, 2.05) is 0 Å². The van der Waals surface area contributed by atoms with Crippen molar-refractivity contribution in [3.05, 3.63) is 29.8 Å². The maximum absolute atomic E-state index is 13.0. The van der Waals surface area contributed by atoms with Crippen LogP contribution in [-0.4, -0.2) is 18.5 Å². The topological polar surface area (TPSA) is 91.5 Å². The van der Waals surface area contributed by atoms with E-state index in [4.69, 9.17) is 16.9 Å². The summed E-state index contributed by atoms with van der Waals surface area (Å²) >= 11 is 0. The predicted octanol–water partition coefficient (Wildman–Crippen LogP) is 0.999. The minimum atomic E-state index is -0.726. The first-order chi connectivity index (χ1) is 7.93. The van der Waals surface area contributed by atoms with Gasteiger partial charge in [-0.3, -0.25) is 5.41 Å². The second kappa shape index (κ2) is 5.24. The summed E-state index contributed by atoms with van der Waals surface area (Å²) in [5.41, 5.74) is 10.5. The molecule has 7 heteroatoms. The van der Waals surface area contributed by atoms with Crippen molar-refractivity contribution in [2.75, 3.05) is 11.4 Å². The largest absolute Gasteiger partial charge is 0.370 e. The van der Waals surface area contributed by atoms with Crippen LogP contribution in [0, 0.1) is 17.0 Å². The number of anilines is 1. The molecule has 0 spiro atoms. The fourth-order valence-corrected chi connectivity index (χ4v) is 1.33. The van der Waals surface area contributed by atoms with Gasteiger partial charge in [-0.15, -0.1) is 0 Å². The molecule has 5 N–H and O–H groups in total. The molecule has 1 aromatic carbocycles. The van der Waals surface area contributed by atoms with Crippen molar-refractivity contribution < 1.29 is 8.78 Å². The van der Waals surface area contributed by atoms with Crippen molar-refractivity contribution in [3.8, 4) is 0 Å². The minimum absolute atomic E-state index is 0.181. The average Bonchev–Trinajstić information content (AvgIpc) is 2.15. The summed E-state index contributed by atoms with van der Waals surface area (Å²) in [7, 11) is 0. The Bertz CT molecular complexity index is 434. The van der Waals surface area contributed by atoms with Crippen molar-refractivity contribution in [2.45, 2.75) is 6.92 Å². The summed E-state index contributed by atoms with van der Waals surface area (Å²) in [4.78, 5) is 4.79. The van der Waals surface area contributed by atoms with Crippen LogP contribution in [0.3, 0.4) is 0 Å². The molecule has 1 rings (SSSR count). The van der Waals surface area contributed by atoms with Crippen LogP contribution >= 0.6 is 0 Å². The molecule has 0 fully saturated rings. The summed E-state index contributed by atoms with van der Waals surface area (Å²) in [6, 6.07) is 2.95. The van der Waals surface area contributed by atoms with Gasteiger partial charge in [0.25, 0.3) is 0 Å². The normalized spacial score (nSPS) is 9.82. The van der Waals surface area contributed by atoms with E-state index >= 15 is 0 Å². The number of benzene rings is 1. The number of nitrogens with zero attached hydrogens (tertiary/aromatic N) is 2.